The van der Waals surface area contributed by atoms with Crippen molar-refractivity contribution in [3.63, 3.8) is 0 Å². The number of likely N-dealkylation sites (tertiary alicyclic amines) is 1. The number of thiophene rings is 1. The molecule has 0 saturated carbocycles. The lowest BCUT2D eigenvalue weighted by molar-refractivity contribution is -0.144. The first-order chi connectivity index (χ1) is 36.4. The molecule has 0 bridgehead atoms. The summed E-state index contributed by atoms with van der Waals surface area (Å²) in [7, 11) is 0. The van der Waals surface area contributed by atoms with Gasteiger partial charge in [0.15, 0.2) is 5.82 Å². The number of aliphatic imine (C=N–C) groups is 1. The number of halogens is 2. The van der Waals surface area contributed by atoms with Crippen LogP contribution in [0.25, 0.3) is 15.4 Å². The van der Waals surface area contributed by atoms with Crippen molar-refractivity contribution in [1.29, 1.82) is 0 Å². The maximum Gasteiger partial charge on any atom is 0.246 e. The highest BCUT2D eigenvalue weighted by atomic mass is 35.5. The van der Waals surface area contributed by atoms with Gasteiger partial charge in [0.25, 0.3) is 0 Å². The van der Waals surface area contributed by atoms with Crippen molar-refractivity contribution in [3.8, 4) is 21.2 Å². The molecule has 3 aromatic heterocycles. The number of aliphatic hydroxyl groups is 1. The second-order valence-electron chi connectivity index (χ2n) is 20.0. The quantitative estimate of drug-likeness (QED) is 0.0503. The van der Waals surface area contributed by atoms with Gasteiger partial charge in [0.05, 0.1) is 46.6 Å². The second kappa shape index (κ2) is 24.7. The zero-order valence-electron chi connectivity index (χ0n) is 43.6. The van der Waals surface area contributed by atoms with E-state index in [-0.39, 0.29) is 57.3 Å². The molecular formula is C55H63ClFN9O8S2. The van der Waals surface area contributed by atoms with E-state index in [2.05, 4.69) is 38.1 Å². The number of anilines is 1. The van der Waals surface area contributed by atoms with Crippen LogP contribution in [0, 0.1) is 38.9 Å². The number of amides is 4. The lowest BCUT2D eigenvalue weighted by atomic mass is 9.85. The van der Waals surface area contributed by atoms with Crippen molar-refractivity contribution >= 4 is 69.3 Å². The van der Waals surface area contributed by atoms with Crippen LogP contribution in [0.15, 0.2) is 77.2 Å². The number of aromatic nitrogens is 4. The monoisotopic (exact) mass is 1100 g/mol. The SMILES string of the molecule is Cc1ncsc1-c1ccc(CNC(=O)[C@@H]2C[C@@H](O)CN2C(=O)[C@@H](NC(=O)COCCCOCCCOc2ccc(NC(=O)C[C@@H]3N=C(c4ccc(Cl)cc4)c4c(sc(C)c4C)-n4c(C)nnc43)c(F)c2)C(C)(C)C)cc1. The van der Waals surface area contributed by atoms with Gasteiger partial charge in [0, 0.05) is 72.8 Å². The number of fused-ring (bicyclic) bond motifs is 3. The lowest BCUT2D eigenvalue weighted by Crippen LogP contribution is -2.58. The first-order valence-corrected chi connectivity index (χ1v) is 27.2. The Balaban J connectivity index is 0.734. The molecule has 0 radical (unpaired) electrons. The lowest BCUT2D eigenvalue weighted by Gasteiger charge is -2.35. The van der Waals surface area contributed by atoms with E-state index in [1.165, 1.54) is 17.0 Å². The second-order valence-corrected chi connectivity index (χ2v) is 22.5. The Morgan fingerprint density at radius 3 is 2.32 bits per heavy atom. The Bertz CT molecular complexity index is 3080. The van der Waals surface area contributed by atoms with E-state index in [1.54, 1.807) is 46.4 Å². The van der Waals surface area contributed by atoms with Gasteiger partial charge in [0.2, 0.25) is 23.6 Å². The highest BCUT2D eigenvalue weighted by Gasteiger charge is 2.44. The van der Waals surface area contributed by atoms with Crippen molar-refractivity contribution in [2.75, 3.05) is 44.9 Å². The number of nitrogens with zero attached hydrogens (tertiary/aromatic N) is 6. The van der Waals surface area contributed by atoms with E-state index in [0.29, 0.717) is 54.2 Å². The summed E-state index contributed by atoms with van der Waals surface area (Å²) in [6.45, 7) is 14.5. The summed E-state index contributed by atoms with van der Waals surface area (Å²) in [5.41, 5.74) is 7.51. The first-order valence-electron chi connectivity index (χ1n) is 25.1. The third-order valence-corrected chi connectivity index (χ3v) is 15.6. The van der Waals surface area contributed by atoms with Crippen LogP contribution in [0.3, 0.4) is 0 Å². The van der Waals surface area contributed by atoms with Crippen molar-refractivity contribution < 1.29 is 42.9 Å². The van der Waals surface area contributed by atoms with E-state index >= 15 is 4.39 Å². The number of β-amino-alcohol motifs (C(OH)–C–C–N with tert-alkyl or cyclic N) is 1. The van der Waals surface area contributed by atoms with Crippen LogP contribution in [-0.4, -0.2) is 117 Å². The highest BCUT2D eigenvalue weighted by molar-refractivity contribution is 7.15. The summed E-state index contributed by atoms with van der Waals surface area (Å²) in [6.07, 6.45) is 0.0837. The van der Waals surface area contributed by atoms with Crippen LogP contribution in [0.1, 0.15) is 97.0 Å². The molecule has 2 aliphatic heterocycles. The predicted octanol–water partition coefficient (Wildman–Crippen LogP) is 8.40. The van der Waals surface area contributed by atoms with Crippen molar-refractivity contribution in [2.45, 2.75) is 105 Å². The molecule has 4 N–H and O–H groups in total. The molecule has 3 aromatic carbocycles. The average Bonchev–Trinajstić information content (AvgIpc) is 4.16. The number of carbonyl (C=O) groups excluding carboxylic acids is 4. The molecule has 1 saturated heterocycles. The van der Waals surface area contributed by atoms with Crippen molar-refractivity contribution in [2.24, 2.45) is 10.4 Å². The summed E-state index contributed by atoms with van der Waals surface area (Å²) < 4.78 is 34.4. The van der Waals surface area contributed by atoms with Crippen molar-refractivity contribution in [3.05, 3.63) is 128 Å². The summed E-state index contributed by atoms with van der Waals surface area (Å²) in [4.78, 5) is 67.1. The minimum Gasteiger partial charge on any atom is -0.493 e. The van der Waals surface area contributed by atoms with E-state index in [9.17, 15) is 24.3 Å². The van der Waals surface area contributed by atoms with Crippen LogP contribution in [0.2, 0.25) is 5.02 Å². The topological polar surface area (TPSA) is 211 Å². The highest BCUT2D eigenvalue weighted by Crippen LogP contribution is 2.40. The fourth-order valence-electron chi connectivity index (χ4n) is 9.06. The van der Waals surface area contributed by atoms with Crippen LogP contribution in [0.4, 0.5) is 10.1 Å². The summed E-state index contributed by atoms with van der Waals surface area (Å²) >= 11 is 9.41. The minimum absolute atomic E-state index is 0.00309. The maximum absolute atomic E-state index is 15.4. The summed E-state index contributed by atoms with van der Waals surface area (Å²) in [5, 5.41) is 29.3. The van der Waals surface area contributed by atoms with E-state index in [4.69, 9.17) is 30.8 Å². The van der Waals surface area contributed by atoms with Gasteiger partial charge in [-0.1, -0.05) is 68.8 Å². The van der Waals surface area contributed by atoms with Crippen LogP contribution in [0.5, 0.6) is 5.75 Å². The van der Waals surface area contributed by atoms with Gasteiger partial charge in [0.1, 0.15) is 47.1 Å². The van der Waals surface area contributed by atoms with Crippen LogP contribution >= 0.6 is 34.3 Å². The fourth-order valence-corrected chi connectivity index (χ4v) is 11.2. The molecule has 4 amide bonds. The molecule has 5 heterocycles. The first kappa shape index (κ1) is 55.8. The van der Waals surface area contributed by atoms with Gasteiger partial charge in [-0.15, -0.1) is 32.9 Å². The number of thiazole rings is 1. The normalized spacial score (nSPS) is 16.6. The zero-order valence-corrected chi connectivity index (χ0v) is 46.0. The number of rotatable bonds is 21. The number of nitrogens with one attached hydrogen (secondary N) is 3. The van der Waals surface area contributed by atoms with Gasteiger partial charge in [-0.05, 0) is 80.5 Å². The number of hydrogen-bond donors (Lipinski definition) is 4. The molecule has 6 aromatic rings. The molecule has 0 spiro atoms. The fraction of sp³-hybridized carbons (Fsp3) is 0.418. The van der Waals surface area contributed by atoms with Crippen molar-refractivity contribution in [1.82, 2.24) is 35.3 Å². The third kappa shape index (κ3) is 13.4. The van der Waals surface area contributed by atoms with Crippen LogP contribution < -0.4 is 20.7 Å². The van der Waals surface area contributed by atoms with Gasteiger partial charge in [-0.2, -0.15) is 0 Å². The molecule has 76 heavy (non-hydrogen) atoms. The Labute approximate surface area is 454 Å². The Hall–Kier alpha value is -6.42. The van der Waals surface area contributed by atoms with E-state index in [0.717, 1.165) is 48.3 Å². The number of benzene rings is 3. The number of carbonyl (C=O) groups is 4. The summed E-state index contributed by atoms with van der Waals surface area (Å²) in [6, 6.07) is 16.9. The minimum atomic E-state index is -0.985. The van der Waals surface area contributed by atoms with Gasteiger partial charge in [-0.3, -0.25) is 28.7 Å². The molecule has 21 heteroatoms. The molecule has 402 valence electrons. The van der Waals surface area contributed by atoms with Gasteiger partial charge in [-0.25, -0.2) is 9.37 Å². The molecule has 4 atom stereocenters. The molecular weight excluding hydrogens is 1030 g/mol. The number of ether oxygens (including phenoxy) is 3. The van der Waals surface area contributed by atoms with Gasteiger partial charge >= 0.3 is 0 Å². The maximum atomic E-state index is 15.4. The van der Waals surface area contributed by atoms with E-state index < -0.39 is 53.2 Å². The van der Waals surface area contributed by atoms with Gasteiger partial charge < -0.3 is 40.2 Å². The smallest absolute Gasteiger partial charge is 0.246 e. The van der Waals surface area contributed by atoms with Crippen LogP contribution in [-0.2, 0) is 35.2 Å². The number of aryl methyl sites for hydroxylation is 3. The van der Waals surface area contributed by atoms with E-state index in [1.807, 2.05) is 82.5 Å². The Kier molecular flexibility index (Phi) is 18.1. The largest absolute Gasteiger partial charge is 0.493 e. The zero-order chi connectivity index (χ0) is 54.3. The number of aliphatic hydroxyl groups excluding tert-OH is 1. The Morgan fingerprint density at radius 2 is 1.62 bits per heavy atom. The molecule has 1 fully saturated rings. The predicted molar refractivity (Wildman–Crippen MR) is 291 cm³/mol. The summed E-state index contributed by atoms with van der Waals surface area (Å²) in [5.74, 6) is -0.988. The third-order valence-electron chi connectivity index (χ3n) is 13.2. The molecule has 2 aliphatic rings. The molecule has 17 nitrogen and oxygen atoms in total. The number of hydrogen-bond acceptors (Lipinski definition) is 14. The molecule has 0 aliphatic carbocycles. The standard InChI is InChI=1S/C55H63ClFN9O8S2/c1-31-33(3)76-54-47(31)48(36-14-16-38(56)17-15-36)61-43(51-64-63-34(4)66(51)54)26-45(68)60-42-19-18-40(25-41(42)57)74-23-9-21-72-20-8-22-73-29-46(69)62-50(55(5,6)7)53(71)65-28-39(67)24-44(65)52(70)58-27-35-10-12-37(13-11-35)49-32(2)59-30-75-49/h10-19,25,30,39,43-44,50,67H,8-9,20-24,26-29H2,1-7H3,(H,58,70)(H,60,68)(H,62,69)/t39-,43+,44+,50-/m1/s1. The average molecular weight is 1100 g/mol. The Morgan fingerprint density at radius 1 is 0.908 bits per heavy atom. The molecule has 0 unspecified atom stereocenters. The molecule has 8 rings (SSSR count).